The van der Waals surface area contributed by atoms with E-state index in [1.165, 1.54) is 0 Å². The van der Waals surface area contributed by atoms with Crippen molar-refractivity contribution in [3.05, 3.63) is 53.6 Å². The van der Waals surface area contributed by atoms with E-state index in [1.807, 2.05) is 12.1 Å². The molecule has 1 saturated heterocycles. The first-order valence-corrected chi connectivity index (χ1v) is 13.1. The van der Waals surface area contributed by atoms with Gasteiger partial charge in [0, 0.05) is 18.2 Å². The molecule has 1 aliphatic rings. The third-order valence-corrected chi connectivity index (χ3v) is 7.58. The maximum absolute atomic E-state index is 13.5. The van der Waals surface area contributed by atoms with Gasteiger partial charge in [0.05, 0.1) is 32.3 Å². The van der Waals surface area contributed by atoms with Gasteiger partial charge in [-0.1, -0.05) is 25.8 Å². The van der Waals surface area contributed by atoms with E-state index in [9.17, 15) is 13.2 Å². The van der Waals surface area contributed by atoms with Crippen LogP contribution in [0.3, 0.4) is 0 Å². The van der Waals surface area contributed by atoms with E-state index in [0.29, 0.717) is 30.1 Å². The van der Waals surface area contributed by atoms with Gasteiger partial charge in [-0.3, -0.25) is 4.79 Å². The van der Waals surface area contributed by atoms with E-state index >= 15 is 0 Å². The van der Waals surface area contributed by atoms with Crippen molar-refractivity contribution in [3.8, 4) is 17.2 Å². The van der Waals surface area contributed by atoms with Crippen LogP contribution >= 0.6 is 0 Å². The van der Waals surface area contributed by atoms with Crippen molar-refractivity contribution in [3.63, 3.8) is 0 Å². The summed E-state index contributed by atoms with van der Waals surface area (Å²) in [4.78, 5) is 15.1. The van der Waals surface area contributed by atoms with Crippen LogP contribution in [-0.2, 0) is 16.4 Å². The molecule has 0 spiro atoms. The van der Waals surface area contributed by atoms with Gasteiger partial charge in [-0.15, -0.1) is 0 Å². The second-order valence-corrected chi connectivity index (χ2v) is 10.5. The van der Waals surface area contributed by atoms with Crippen LogP contribution in [0.15, 0.2) is 42.5 Å². The molecule has 1 amide bonds. The van der Waals surface area contributed by atoms with Crippen LogP contribution in [0.2, 0.25) is 0 Å². The number of unbranched alkanes of at least 4 members (excludes halogenated alkanes) is 2. The van der Waals surface area contributed by atoms with Crippen LogP contribution in [0.25, 0.3) is 0 Å². The predicted molar refractivity (Wildman–Crippen MR) is 128 cm³/mol. The maximum Gasteiger partial charge on any atom is 0.254 e. The average molecular weight is 476 g/mol. The summed E-state index contributed by atoms with van der Waals surface area (Å²) in [7, 11) is -0.0334. The highest BCUT2D eigenvalue weighted by Gasteiger charge is 2.35. The van der Waals surface area contributed by atoms with Gasteiger partial charge in [-0.2, -0.15) is 0 Å². The van der Waals surface area contributed by atoms with E-state index in [4.69, 9.17) is 14.2 Å². The van der Waals surface area contributed by atoms with Crippen molar-refractivity contribution < 1.29 is 27.4 Å². The minimum absolute atomic E-state index is 0.0232. The van der Waals surface area contributed by atoms with Crippen molar-refractivity contribution in [1.82, 2.24) is 4.90 Å². The number of nitrogens with zero attached hydrogens (tertiary/aromatic N) is 1. The van der Waals surface area contributed by atoms with Gasteiger partial charge in [0.25, 0.3) is 5.91 Å². The lowest BCUT2D eigenvalue weighted by molar-refractivity contribution is 0.0680. The summed E-state index contributed by atoms with van der Waals surface area (Å²) >= 11 is 0. The van der Waals surface area contributed by atoms with Crippen molar-refractivity contribution >= 4 is 15.7 Å². The summed E-state index contributed by atoms with van der Waals surface area (Å²) < 4.78 is 40.7. The van der Waals surface area contributed by atoms with Crippen molar-refractivity contribution in [2.75, 3.05) is 32.3 Å². The van der Waals surface area contributed by atoms with Gasteiger partial charge in [0.1, 0.15) is 5.75 Å². The fraction of sp³-hybridized carbons (Fsp3) is 0.480. The number of ether oxygens (including phenoxy) is 3. The van der Waals surface area contributed by atoms with Gasteiger partial charge in [-0.25, -0.2) is 8.42 Å². The van der Waals surface area contributed by atoms with Crippen LogP contribution in [0.5, 0.6) is 17.2 Å². The summed E-state index contributed by atoms with van der Waals surface area (Å²) in [6, 6.07) is 12.1. The number of carbonyl (C=O) groups excluding carboxylic acids is 1. The second kappa shape index (κ2) is 11.4. The van der Waals surface area contributed by atoms with Crippen LogP contribution < -0.4 is 14.2 Å². The Bertz CT molecular complexity index is 1040. The Morgan fingerprint density at radius 1 is 1.03 bits per heavy atom. The van der Waals surface area contributed by atoms with Crippen LogP contribution in [0, 0.1) is 0 Å². The quantitative estimate of drug-likeness (QED) is 0.455. The zero-order valence-corrected chi connectivity index (χ0v) is 20.4. The number of hydrogen-bond donors (Lipinski definition) is 0. The van der Waals surface area contributed by atoms with E-state index < -0.39 is 9.84 Å². The molecule has 0 bridgehead atoms. The molecule has 1 aliphatic heterocycles. The van der Waals surface area contributed by atoms with Gasteiger partial charge >= 0.3 is 0 Å². The van der Waals surface area contributed by atoms with Crippen molar-refractivity contribution in [1.29, 1.82) is 0 Å². The zero-order valence-electron chi connectivity index (χ0n) is 19.6. The van der Waals surface area contributed by atoms with Crippen molar-refractivity contribution in [2.24, 2.45) is 0 Å². The number of amides is 1. The van der Waals surface area contributed by atoms with Gasteiger partial charge in [0.15, 0.2) is 21.3 Å². The second-order valence-electron chi connectivity index (χ2n) is 8.26. The number of sulfone groups is 1. The fourth-order valence-electron chi connectivity index (χ4n) is 3.97. The Labute approximate surface area is 196 Å². The summed E-state index contributed by atoms with van der Waals surface area (Å²) in [5, 5.41) is 0. The Hall–Kier alpha value is -2.74. The summed E-state index contributed by atoms with van der Waals surface area (Å²) in [6.45, 7) is 3.06. The Morgan fingerprint density at radius 2 is 1.76 bits per heavy atom. The minimum atomic E-state index is -3.15. The molecule has 1 atom stereocenters. The maximum atomic E-state index is 13.5. The Kier molecular flexibility index (Phi) is 8.61. The molecule has 180 valence electrons. The number of methoxy groups -OCH3 is 2. The number of rotatable bonds is 11. The average Bonchev–Trinajstić information content (AvgIpc) is 3.19. The zero-order chi connectivity index (χ0) is 23.8. The highest BCUT2D eigenvalue weighted by Crippen LogP contribution is 2.30. The molecular weight excluding hydrogens is 442 g/mol. The summed E-state index contributed by atoms with van der Waals surface area (Å²) in [6.07, 6.45) is 3.67. The lowest BCUT2D eigenvalue weighted by atomic mass is 10.1. The topological polar surface area (TPSA) is 82.1 Å². The van der Waals surface area contributed by atoms with Crippen LogP contribution in [0.4, 0.5) is 0 Å². The van der Waals surface area contributed by atoms with E-state index in [1.54, 1.807) is 49.5 Å². The smallest absolute Gasteiger partial charge is 0.254 e. The molecule has 0 unspecified atom stereocenters. The van der Waals surface area contributed by atoms with E-state index in [0.717, 1.165) is 30.6 Å². The van der Waals surface area contributed by atoms with Crippen LogP contribution in [-0.4, -0.2) is 57.6 Å². The molecule has 1 heterocycles. The Morgan fingerprint density at radius 3 is 2.36 bits per heavy atom. The normalized spacial score (nSPS) is 16.9. The molecule has 2 aromatic carbocycles. The molecule has 0 aromatic heterocycles. The lowest BCUT2D eigenvalue weighted by Crippen LogP contribution is -2.40. The highest BCUT2D eigenvalue weighted by atomic mass is 32.2. The largest absolute Gasteiger partial charge is 0.494 e. The molecular formula is C25H33NO6S. The first-order chi connectivity index (χ1) is 15.9. The van der Waals surface area contributed by atoms with E-state index in [2.05, 4.69) is 6.92 Å². The SMILES string of the molecule is CCCCCOc1ccc(C(=O)N(Cc2ccc(OC)c(OC)c2)[C@H]2CCS(=O)(=O)C2)cc1. The third-order valence-electron chi connectivity index (χ3n) is 5.83. The summed E-state index contributed by atoms with van der Waals surface area (Å²) in [5.41, 5.74) is 1.34. The highest BCUT2D eigenvalue weighted by molar-refractivity contribution is 7.91. The predicted octanol–water partition coefficient (Wildman–Crippen LogP) is 4.10. The standard InChI is InChI=1S/C25H33NO6S/c1-4-5-6-14-32-22-10-8-20(9-11-22)25(27)26(21-13-15-33(28,29)18-21)17-19-7-12-23(30-2)24(16-19)31-3/h7-12,16,21H,4-6,13-15,17-18H2,1-3H3/t21-/m0/s1. The molecule has 7 nitrogen and oxygen atoms in total. The molecule has 8 heteroatoms. The summed E-state index contributed by atoms with van der Waals surface area (Å²) in [5.74, 6) is 1.74. The molecule has 0 aliphatic carbocycles. The molecule has 0 N–H and O–H groups in total. The first-order valence-electron chi connectivity index (χ1n) is 11.3. The molecule has 0 saturated carbocycles. The Balaban J connectivity index is 1.80. The molecule has 33 heavy (non-hydrogen) atoms. The van der Waals surface area contributed by atoms with Gasteiger partial charge in [0.2, 0.25) is 0 Å². The monoisotopic (exact) mass is 475 g/mol. The molecule has 3 rings (SSSR count). The minimum Gasteiger partial charge on any atom is -0.494 e. The molecule has 2 aromatic rings. The van der Waals surface area contributed by atoms with E-state index in [-0.39, 0.29) is 30.0 Å². The first kappa shape index (κ1) is 24.9. The van der Waals surface area contributed by atoms with Gasteiger partial charge in [-0.05, 0) is 54.8 Å². The fourth-order valence-corrected chi connectivity index (χ4v) is 5.70. The van der Waals surface area contributed by atoms with Crippen molar-refractivity contribution in [2.45, 2.75) is 45.2 Å². The third kappa shape index (κ3) is 6.63. The van der Waals surface area contributed by atoms with Crippen LogP contribution in [0.1, 0.15) is 48.5 Å². The molecule has 0 radical (unpaired) electrons. The molecule has 1 fully saturated rings. The van der Waals surface area contributed by atoms with Gasteiger partial charge < -0.3 is 19.1 Å². The number of benzene rings is 2. The number of hydrogen-bond acceptors (Lipinski definition) is 6. The number of carbonyl (C=O) groups is 1. The lowest BCUT2D eigenvalue weighted by Gasteiger charge is -2.29.